The van der Waals surface area contributed by atoms with Gasteiger partial charge in [0.25, 0.3) is 5.91 Å². The largest absolute Gasteiger partial charge is 0.465 e. The summed E-state index contributed by atoms with van der Waals surface area (Å²) < 4.78 is 7.59. The number of fused-ring (bicyclic) bond motifs is 1. The van der Waals surface area contributed by atoms with E-state index in [1.807, 2.05) is 45.2 Å². The fourth-order valence-electron chi connectivity index (χ4n) is 4.21. The van der Waals surface area contributed by atoms with Gasteiger partial charge in [0.1, 0.15) is 11.5 Å². The van der Waals surface area contributed by atoms with Crippen molar-refractivity contribution in [3.63, 3.8) is 0 Å². The van der Waals surface area contributed by atoms with Gasteiger partial charge < -0.3 is 25.3 Å². The molecule has 0 bridgehead atoms. The Morgan fingerprint density at radius 1 is 1.13 bits per heavy atom. The number of carbonyl (C=O) groups excluding carboxylic acids is 1. The van der Waals surface area contributed by atoms with E-state index in [0.29, 0.717) is 28.8 Å². The van der Waals surface area contributed by atoms with Gasteiger partial charge >= 0.3 is 0 Å². The lowest BCUT2D eigenvalue weighted by molar-refractivity contribution is 0.102. The van der Waals surface area contributed by atoms with Crippen molar-refractivity contribution in [2.45, 2.75) is 52.9 Å². The summed E-state index contributed by atoms with van der Waals surface area (Å²) in [4.78, 5) is 24.4. The molecule has 3 N–H and O–H groups in total. The van der Waals surface area contributed by atoms with Crippen LogP contribution in [0.15, 0.2) is 34.9 Å². The summed E-state index contributed by atoms with van der Waals surface area (Å²) in [5, 5.41) is 15.2. The van der Waals surface area contributed by atoms with Gasteiger partial charge in [0.15, 0.2) is 11.5 Å². The zero-order chi connectivity index (χ0) is 28.3. The molecule has 4 rings (SSSR count). The number of hydrogen-bond donors (Lipinski definition) is 3. The van der Waals surface area contributed by atoms with Crippen molar-refractivity contribution in [3.8, 4) is 0 Å². The van der Waals surface area contributed by atoms with Gasteiger partial charge in [-0.2, -0.15) is 10.1 Å². The number of unbranched alkanes of at least 4 members (excludes halogenated alkanes) is 1. The van der Waals surface area contributed by atoms with E-state index in [2.05, 4.69) is 70.8 Å². The molecular weight excluding hydrogens is 492 g/mol. The Hall–Kier alpha value is -3.92. The molecule has 0 spiro atoms. The van der Waals surface area contributed by atoms with Crippen molar-refractivity contribution in [2.24, 2.45) is 7.05 Å². The lowest BCUT2D eigenvalue weighted by Crippen LogP contribution is -2.14. The highest BCUT2D eigenvalue weighted by Gasteiger charge is 2.23. The molecule has 0 fully saturated rings. The average molecular weight is 533 g/mol. The summed E-state index contributed by atoms with van der Waals surface area (Å²) in [6.45, 7) is 11.9. The van der Waals surface area contributed by atoms with Gasteiger partial charge in [0.2, 0.25) is 5.95 Å². The quantitative estimate of drug-likeness (QED) is 0.226. The lowest BCUT2D eigenvalue weighted by Gasteiger charge is -2.13. The first-order chi connectivity index (χ1) is 18.4. The maximum atomic E-state index is 13.0. The van der Waals surface area contributed by atoms with Crippen molar-refractivity contribution >= 4 is 40.1 Å². The van der Waals surface area contributed by atoms with Crippen LogP contribution in [0.5, 0.6) is 0 Å². The molecule has 0 saturated heterocycles. The standard InChI is InChI=1S/C29H40N8O2/c1-18-11-12-20(32-27(38)21-16-24(29(3,4)5)39-19(21)2)15-23(18)33-25-22-17-31-28(34-26(22)37(8)35-25)30-13-9-10-14-36(6)7/h11-12,15-17H,9-10,13-14H2,1-8H3,(H,32,38)(H,33,35)(H,30,31,34). The van der Waals surface area contributed by atoms with E-state index in [9.17, 15) is 4.79 Å². The van der Waals surface area contributed by atoms with Gasteiger partial charge in [-0.25, -0.2) is 9.67 Å². The minimum Gasteiger partial charge on any atom is -0.465 e. The fraction of sp³-hybridized carbons (Fsp3) is 0.448. The van der Waals surface area contributed by atoms with Crippen LogP contribution in [0.4, 0.5) is 23.1 Å². The summed E-state index contributed by atoms with van der Waals surface area (Å²) in [5.41, 5.74) is 3.60. The Morgan fingerprint density at radius 2 is 1.90 bits per heavy atom. The Morgan fingerprint density at radius 3 is 2.59 bits per heavy atom. The molecule has 3 heterocycles. The highest BCUT2D eigenvalue weighted by Crippen LogP contribution is 2.30. The summed E-state index contributed by atoms with van der Waals surface area (Å²) in [7, 11) is 6.03. The van der Waals surface area contributed by atoms with Gasteiger partial charge in [-0.05, 0) is 71.1 Å². The van der Waals surface area contributed by atoms with Crippen LogP contribution in [-0.4, -0.2) is 57.7 Å². The van der Waals surface area contributed by atoms with Gasteiger partial charge in [0, 0.05) is 36.6 Å². The molecule has 0 aliphatic carbocycles. The maximum Gasteiger partial charge on any atom is 0.259 e. The Kier molecular flexibility index (Phi) is 8.25. The first-order valence-electron chi connectivity index (χ1n) is 13.3. The molecule has 0 unspecified atom stereocenters. The van der Waals surface area contributed by atoms with Crippen LogP contribution >= 0.6 is 0 Å². The van der Waals surface area contributed by atoms with Crippen LogP contribution < -0.4 is 16.0 Å². The number of aryl methyl sites for hydroxylation is 3. The number of anilines is 4. The number of furan rings is 1. The number of amides is 1. The molecule has 39 heavy (non-hydrogen) atoms. The highest BCUT2D eigenvalue weighted by atomic mass is 16.3. The van der Waals surface area contributed by atoms with E-state index in [1.54, 1.807) is 10.9 Å². The average Bonchev–Trinajstić information content (AvgIpc) is 3.40. The third kappa shape index (κ3) is 6.75. The molecule has 0 radical (unpaired) electrons. The van der Waals surface area contributed by atoms with Crippen molar-refractivity contribution in [1.82, 2.24) is 24.6 Å². The molecule has 10 nitrogen and oxygen atoms in total. The zero-order valence-corrected chi connectivity index (χ0v) is 24.3. The van der Waals surface area contributed by atoms with Crippen LogP contribution in [0.25, 0.3) is 11.0 Å². The van der Waals surface area contributed by atoms with Gasteiger partial charge in [-0.15, -0.1) is 0 Å². The molecule has 0 saturated carbocycles. The fourth-order valence-corrected chi connectivity index (χ4v) is 4.21. The second-order valence-electron chi connectivity index (χ2n) is 11.3. The smallest absolute Gasteiger partial charge is 0.259 e. The van der Waals surface area contributed by atoms with Crippen LogP contribution in [0, 0.1) is 13.8 Å². The van der Waals surface area contributed by atoms with Gasteiger partial charge in [0.05, 0.1) is 10.9 Å². The van der Waals surface area contributed by atoms with Crippen LogP contribution in [0.2, 0.25) is 0 Å². The van der Waals surface area contributed by atoms with Crippen molar-refractivity contribution < 1.29 is 9.21 Å². The molecule has 208 valence electrons. The Balaban J connectivity index is 1.48. The van der Waals surface area contributed by atoms with Crippen molar-refractivity contribution in [1.29, 1.82) is 0 Å². The topological polar surface area (TPSA) is 113 Å². The first-order valence-corrected chi connectivity index (χ1v) is 13.3. The number of aromatic nitrogens is 4. The third-order valence-electron chi connectivity index (χ3n) is 6.55. The molecular formula is C29H40N8O2. The number of carbonyl (C=O) groups is 1. The van der Waals surface area contributed by atoms with Crippen LogP contribution in [0.1, 0.15) is 61.1 Å². The summed E-state index contributed by atoms with van der Waals surface area (Å²) in [6.07, 6.45) is 3.94. The molecule has 0 atom stereocenters. The maximum absolute atomic E-state index is 13.0. The van der Waals surface area contributed by atoms with E-state index in [4.69, 9.17) is 4.42 Å². The minimum atomic E-state index is -0.208. The van der Waals surface area contributed by atoms with Crippen molar-refractivity contribution in [2.75, 3.05) is 43.1 Å². The molecule has 4 aromatic rings. The van der Waals surface area contributed by atoms with E-state index in [-0.39, 0.29) is 11.3 Å². The van der Waals surface area contributed by atoms with E-state index < -0.39 is 0 Å². The Bertz CT molecular complexity index is 1460. The predicted octanol–water partition coefficient (Wildman–Crippen LogP) is 5.62. The zero-order valence-electron chi connectivity index (χ0n) is 24.3. The summed E-state index contributed by atoms with van der Waals surface area (Å²) in [6, 6.07) is 7.57. The summed E-state index contributed by atoms with van der Waals surface area (Å²) >= 11 is 0. The van der Waals surface area contributed by atoms with Crippen LogP contribution in [0.3, 0.4) is 0 Å². The first kappa shape index (κ1) is 28.1. The molecule has 0 aliphatic rings. The predicted molar refractivity (Wildman–Crippen MR) is 157 cm³/mol. The van der Waals surface area contributed by atoms with E-state index in [0.717, 1.165) is 54.0 Å². The number of hydrogen-bond acceptors (Lipinski definition) is 8. The molecule has 10 heteroatoms. The Labute approximate surface area is 230 Å². The van der Waals surface area contributed by atoms with Gasteiger partial charge in [-0.3, -0.25) is 4.79 Å². The van der Waals surface area contributed by atoms with E-state index in [1.165, 1.54) is 0 Å². The lowest BCUT2D eigenvalue weighted by atomic mass is 9.93. The second-order valence-corrected chi connectivity index (χ2v) is 11.3. The summed E-state index contributed by atoms with van der Waals surface area (Å²) in [5.74, 6) is 2.41. The van der Waals surface area contributed by atoms with Crippen LogP contribution in [-0.2, 0) is 12.5 Å². The molecule has 1 amide bonds. The van der Waals surface area contributed by atoms with E-state index >= 15 is 0 Å². The number of rotatable bonds is 10. The second kappa shape index (κ2) is 11.4. The van der Waals surface area contributed by atoms with Gasteiger partial charge in [-0.1, -0.05) is 26.8 Å². The number of nitrogens with zero attached hydrogens (tertiary/aromatic N) is 5. The molecule has 0 aliphatic heterocycles. The van der Waals surface area contributed by atoms with Crippen molar-refractivity contribution in [3.05, 3.63) is 53.1 Å². The molecule has 1 aromatic carbocycles. The normalized spacial score (nSPS) is 11.8. The highest BCUT2D eigenvalue weighted by molar-refractivity contribution is 6.05. The third-order valence-corrected chi connectivity index (χ3v) is 6.55. The molecule has 3 aromatic heterocycles. The minimum absolute atomic E-state index is 0.178. The monoisotopic (exact) mass is 532 g/mol. The number of benzene rings is 1. The number of nitrogens with one attached hydrogen (secondary N) is 3. The SMILES string of the molecule is Cc1ccc(NC(=O)c2cc(C(C)(C)C)oc2C)cc1Nc1nn(C)c2nc(NCCCCN(C)C)ncc12.